The minimum atomic E-state index is -0.619. The van der Waals surface area contributed by atoms with Gasteiger partial charge in [-0.2, -0.15) is 5.26 Å². The molecular weight excluding hydrogens is 380 g/mol. The van der Waals surface area contributed by atoms with Crippen LogP contribution in [0.1, 0.15) is 16.1 Å². The smallest absolute Gasteiger partial charge is 0.379 e. The second kappa shape index (κ2) is 8.71. The van der Waals surface area contributed by atoms with Crippen LogP contribution >= 0.6 is 11.6 Å². The van der Waals surface area contributed by atoms with Crippen LogP contribution in [0.25, 0.3) is 6.08 Å². The molecule has 0 bridgehead atoms. The lowest BCUT2D eigenvalue weighted by Gasteiger charge is -2.05. The Balaban J connectivity index is 1.69. The molecule has 3 aromatic rings. The predicted octanol–water partition coefficient (Wildman–Crippen LogP) is 4.70. The maximum atomic E-state index is 12.3. The monoisotopic (exact) mass is 392 g/mol. The molecule has 2 aromatic carbocycles. The van der Waals surface area contributed by atoms with Crippen LogP contribution in [0.3, 0.4) is 0 Å². The number of nitrogens with one attached hydrogen (secondary N) is 1. The van der Waals surface area contributed by atoms with E-state index in [1.807, 2.05) is 6.07 Å². The van der Waals surface area contributed by atoms with Crippen molar-refractivity contribution in [3.63, 3.8) is 0 Å². The highest BCUT2D eigenvalue weighted by Crippen LogP contribution is 2.18. The number of halogens is 1. The van der Waals surface area contributed by atoms with Crippen LogP contribution in [-0.2, 0) is 4.79 Å². The lowest BCUT2D eigenvalue weighted by Crippen LogP contribution is -2.13. The van der Waals surface area contributed by atoms with Crippen LogP contribution < -0.4 is 10.1 Å². The lowest BCUT2D eigenvalue weighted by molar-refractivity contribution is -0.112. The van der Waals surface area contributed by atoms with E-state index in [0.717, 1.165) is 0 Å². The lowest BCUT2D eigenvalue weighted by atomic mass is 10.1. The third kappa shape index (κ3) is 4.87. The van der Waals surface area contributed by atoms with E-state index in [0.29, 0.717) is 22.0 Å². The van der Waals surface area contributed by atoms with Gasteiger partial charge in [-0.1, -0.05) is 29.8 Å². The first-order valence-corrected chi connectivity index (χ1v) is 8.47. The van der Waals surface area contributed by atoms with Crippen molar-refractivity contribution >= 4 is 35.2 Å². The fourth-order valence-corrected chi connectivity index (χ4v) is 2.45. The van der Waals surface area contributed by atoms with Gasteiger partial charge >= 0.3 is 5.97 Å². The molecule has 0 aliphatic rings. The fourth-order valence-electron chi connectivity index (χ4n) is 2.26. The summed E-state index contributed by atoms with van der Waals surface area (Å²) in [7, 11) is 0. The Kier molecular flexibility index (Phi) is 5.90. The Morgan fingerprint density at radius 3 is 2.54 bits per heavy atom. The minimum Gasteiger partial charge on any atom is -0.457 e. The Morgan fingerprint density at radius 2 is 1.89 bits per heavy atom. The molecule has 0 atom stereocenters. The maximum absolute atomic E-state index is 12.3. The number of ether oxygens (including phenoxy) is 1. The van der Waals surface area contributed by atoms with Crippen molar-refractivity contribution in [2.75, 3.05) is 5.32 Å². The van der Waals surface area contributed by atoms with Crippen molar-refractivity contribution in [1.29, 1.82) is 5.26 Å². The summed E-state index contributed by atoms with van der Waals surface area (Å²) < 4.78 is 10.1. The highest BCUT2D eigenvalue weighted by Gasteiger charge is 2.12. The zero-order chi connectivity index (χ0) is 19.9. The molecule has 7 heteroatoms. The normalized spacial score (nSPS) is 10.8. The number of benzene rings is 2. The molecule has 0 radical (unpaired) electrons. The number of esters is 1. The van der Waals surface area contributed by atoms with E-state index >= 15 is 0 Å². The van der Waals surface area contributed by atoms with Gasteiger partial charge in [-0.3, -0.25) is 4.79 Å². The first-order valence-electron chi connectivity index (χ1n) is 8.09. The Labute approximate surface area is 165 Å². The van der Waals surface area contributed by atoms with Crippen LogP contribution in [0.2, 0.25) is 5.02 Å². The average Bonchev–Trinajstić information content (AvgIpc) is 3.22. The number of carbonyl (C=O) groups excluding carboxylic acids is 2. The molecule has 0 aliphatic heterocycles. The second-order valence-electron chi connectivity index (χ2n) is 5.57. The van der Waals surface area contributed by atoms with Crippen molar-refractivity contribution < 1.29 is 18.7 Å². The molecule has 1 amide bonds. The zero-order valence-electron chi connectivity index (χ0n) is 14.4. The van der Waals surface area contributed by atoms with E-state index in [2.05, 4.69) is 5.32 Å². The van der Waals surface area contributed by atoms with Crippen LogP contribution in [0.15, 0.2) is 76.9 Å². The topological polar surface area (TPSA) is 92.3 Å². The largest absolute Gasteiger partial charge is 0.457 e. The number of hydrogen-bond acceptors (Lipinski definition) is 5. The van der Waals surface area contributed by atoms with Gasteiger partial charge in [0.15, 0.2) is 0 Å². The average molecular weight is 393 g/mol. The summed E-state index contributed by atoms with van der Waals surface area (Å²) in [5.74, 6) is -0.779. The number of rotatable bonds is 5. The van der Waals surface area contributed by atoms with Gasteiger partial charge in [-0.05, 0) is 54.1 Å². The van der Waals surface area contributed by atoms with Gasteiger partial charge in [0.05, 0.1) is 6.26 Å². The maximum Gasteiger partial charge on any atom is 0.379 e. The van der Waals surface area contributed by atoms with Gasteiger partial charge < -0.3 is 14.5 Å². The third-order valence-corrected chi connectivity index (χ3v) is 3.81. The molecule has 1 heterocycles. The molecule has 0 saturated heterocycles. The standard InChI is InChI=1S/C21H13ClN2O4/c22-16-3-1-4-17(12-16)24-20(25)15(13-23)11-14-6-8-18(9-7-14)28-21(26)19-5-2-10-27-19/h1-12H,(H,24,25)/b15-11+. The summed E-state index contributed by atoms with van der Waals surface area (Å²) in [4.78, 5) is 24.1. The fraction of sp³-hybridized carbons (Fsp3) is 0. The van der Waals surface area contributed by atoms with Crippen LogP contribution in [0, 0.1) is 11.3 Å². The number of anilines is 1. The van der Waals surface area contributed by atoms with Gasteiger partial charge in [0.2, 0.25) is 5.76 Å². The zero-order valence-corrected chi connectivity index (χ0v) is 15.1. The minimum absolute atomic E-state index is 0.0831. The van der Waals surface area contributed by atoms with Crippen LogP contribution in [0.5, 0.6) is 5.75 Å². The van der Waals surface area contributed by atoms with Crippen LogP contribution in [0.4, 0.5) is 5.69 Å². The van der Waals surface area contributed by atoms with E-state index < -0.39 is 11.9 Å². The van der Waals surface area contributed by atoms with Crippen molar-refractivity contribution in [3.8, 4) is 11.8 Å². The van der Waals surface area contributed by atoms with Crippen molar-refractivity contribution in [3.05, 3.63) is 88.8 Å². The van der Waals surface area contributed by atoms with E-state index in [9.17, 15) is 14.9 Å². The number of furan rings is 1. The predicted molar refractivity (Wildman–Crippen MR) is 104 cm³/mol. The van der Waals surface area contributed by atoms with Crippen LogP contribution in [-0.4, -0.2) is 11.9 Å². The van der Waals surface area contributed by atoms with Gasteiger partial charge in [-0.25, -0.2) is 4.79 Å². The van der Waals surface area contributed by atoms with Gasteiger partial charge in [0.25, 0.3) is 5.91 Å². The summed E-state index contributed by atoms with van der Waals surface area (Å²) in [6, 6.07) is 17.9. The molecule has 28 heavy (non-hydrogen) atoms. The molecule has 0 aliphatic carbocycles. The molecule has 0 fully saturated rings. The van der Waals surface area contributed by atoms with E-state index in [1.54, 1.807) is 54.6 Å². The van der Waals surface area contributed by atoms with Crippen molar-refractivity contribution in [2.45, 2.75) is 0 Å². The number of amides is 1. The highest BCUT2D eigenvalue weighted by molar-refractivity contribution is 6.31. The molecule has 0 unspecified atom stereocenters. The van der Waals surface area contributed by atoms with E-state index in [4.69, 9.17) is 20.8 Å². The SMILES string of the molecule is N#C/C(=C\c1ccc(OC(=O)c2ccco2)cc1)C(=O)Nc1cccc(Cl)c1. The number of carbonyl (C=O) groups is 2. The first-order chi connectivity index (χ1) is 13.5. The number of nitrogens with zero attached hydrogens (tertiary/aromatic N) is 1. The first kappa shape index (κ1) is 19.0. The molecule has 138 valence electrons. The van der Waals surface area contributed by atoms with Gasteiger partial charge in [0, 0.05) is 10.7 Å². The molecule has 6 nitrogen and oxygen atoms in total. The second-order valence-corrected chi connectivity index (χ2v) is 6.01. The summed E-state index contributed by atoms with van der Waals surface area (Å²) in [6.07, 6.45) is 2.81. The molecule has 3 rings (SSSR count). The molecule has 1 aromatic heterocycles. The summed E-state index contributed by atoms with van der Waals surface area (Å²) in [5.41, 5.74) is 0.995. The number of hydrogen-bond donors (Lipinski definition) is 1. The summed E-state index contributed by atoms with van der Waals surface area (Å²) >= 11 is 5.88. The summed E-state index contributed by atoms with van der Waals surface area (Å²) in [5, 5.41) is 12.4. The Morgan fingerprint density at radius 1 is 1.11 bits per heavy atom. The van der Waals surface area contributed by atoms with E-state index in [-0.39, 0.29) is 11.3 Å². The van der Waals surface area contributed by atoms with Crippen molar-refractivity contribution in [2.24, 2.45) is 0 Å². The summed E-state index contributed by atoms with van der Waals surface area (Å²) in [6.45, 7) is 0. The Hall–Kier alpha value is -3.82. The highest BCUT2D eigenvalue weighted by atomic mass is 35.5. The van der Waals surface area contributed by atoms with Gasteiger partial charge in [0.1, 0.15) is 17.4 Å². The van der Waals surface area contributed by atoms with Gasteiger partial charge in [-0.15, -0.1) is 0 Å². The third-order valence-electron chi connectivity index (χ3n) is 3.57. The molecule has 0 spiro atoms. The molecular formula is C21H13ClN2O4. The van der Waals surface area contributed by atoms with E-state index in [1.165, 1.54) is 18.4 Å². The quantitative estimate of drug-likeness (QED) is 0.294. The molecule has 1 N–H and O–H groups in total. The van der Waals surface area contributed by atoms with Crippen molar-refractivity contribution in [1.82, 2.24) is 0 Å². The Bertz CT molecular complexity index is 1060. The number of nitriles is 1. The molecule has 0 saturated carbocycles.